The molecule has 0 fully saturated rings. The summed E-state index contributed by atoms with van der Waals surface area (Å²) < 4.78 is 6.47. The molecule has 4 nitrogen and oxygen atoms in total. The van der Waals surface area contributed by atoms with Gasteiger partial charge in [-0.3, -0.25) is 0 Å². The van der Waals surface area contributed by atoms with Crippen molar-refractivity contribution in [3.63, 3.8) is 0 Å². The summed E-state index contributed by atoms with van der Waals surface area (Å²) in [6.45, 7) is 6.47. The van der Waals surface area contributed by atoms with Crippen LogP contribution in [0.1, 0.15) is 29.3 Å². The molecule has 0 radical (unpaired) electrons. The van der Waals surface area contributed by atoms with Crippen LogP contribution in [0.25, 0.3) is 33.2 Å². The van der Waals surface area contributed by atoms with Crippen LogP contribution in [0.15, 0.2) is 65.1 Å². The first-order valence-electron chi connectivity index (χ1n) is 11.6. The zero-order valence-corrected chi connectivity index (χ0v) is 19.3. The Morgan fingerprint density at radius 2 is 1.70 bits per heavy atom. The van der Waals surface area contributed by atoms with Crippen LogP contribution in [0.5, 0.6) is 0 Å². The van der Waals surface area contributed by atoms with Crippen molar-refractivity contribution in [3.8, 4) is 11.1 Å². The largest absolute Gasteiger partial charge is 0.435 e. The summed E-state index contributed by atoms with van der Waals surface area (Å²) in [5.74, 6) is 0. The number of anilines is 3. The minimum absolute atomic E-state index is 0.169. The van der Waals surface area contributed by atoms with Gasteiger partial charge in [0.05, 0.1) is 17.1 Å². The predicted molar refractivity (Wildman–Crippen MR) is 136 cm³/mol. The lowest BCUT2D eigenvalue weighted by molar-refractivity contribution is 0.647. The minimum Gasteiger partial charge on any atom is -0.435 e. The summed E-state index contributed by atoms with van der Waals surface area (Å²) in [5, 5.41) is 2.19. The number of pyridine rings is 1. The third kappa shape index (κ3) is 2.38. The first-order chi connectivity index (χ1) is 16.0. The number of benzene rings is 3. The lowest BCUT2D eigenvalue weighted by Crippen LogP contribution is -2.36. The second kappa shape index (κ2) is 6.38. The van der Waals surface area contributed by atoms with Gasteiger partial charge in [-0.1, -0.05) is 42.5 Å². The van der Waals surface area contributed by atoms with Gasteiger partial charge in [0.1, 0.15) is 6.17 Å². The lowest BCUT2D eigenvalue weighted by Gasteiger charge is -2.29. The fraction of sp³-hybridized carbons (Fsp3) is 0.207. The van der Waals surface area contributed by atoms with Gasteiger partial charge >= 0.3 is 0 Å². The maximum absolute atomic E-state index is 6.47. The number of nitrogens with zero attached hydrogens (tertiary/aromatic N) is 3. The number of aromatic nitrogens is 1. The molecule has 33 heavy (non-hydrogen) atoms. The van der Waals surface area contributed by atoms with Crippen molar-refractivity contribution >= 4 is 39.1 Å². The third-order valence-electron chi connectivity index (χ3n) is 7.55. The van der Waals surface area contributed by atoms with Gasteiger partial charge in [-0.25, -0.2) is 4.98 Å². The van der Waals surface area contributed by atoms with Gasteiger partial charge < -0.3 is 14.2 Å². The smallest absolute Gasteiger partial charge is 0.227 e. The van der Waals surface area contributed by atoms with E-state index < -0.39 is 0 Å². The Hall–Kier alpha value is -3.79. The fourth-order valence-corrected chi connectivity index (χ4v) is 5.79. The molecule has 162 valence electrons. The molecule has 0 saturated heterocycles. The van der Waals surface area contributed by atoms with Crippen LogP contribution in [-0.4, -0.2) is 18.2 Å². The van der Waals surface area contributed by atoms with Crippen LogP contribution >= 0.6 is 0 Å². The van der Waals surface area contributed by atoms with Crippen molar-refractivity contribution in [1.29, 1.82) is 0 Å². The average Bonchev–Trinajstić information content (AvgIpc) is 3.44. The van der Waals surface area contributed by atoms with E-state index >= 15 is 0 Å². The Labute approximate surface area is 193 Å². The quantitative estimate of drug-likeness (QED) is 0.278. The molecule has 1 aliphatic heterocycles. The molecule has 4 heteroatoms. The normalized spacial score (nSPS) is 16.5. The van der Waals surface area contributed by atoms with E-state index in [1.165, 1.54) is 39.2 Å². The Bertz CT molecular complexity index is 1610. The number of hydrogen-bond donors (Lipinski definition) is 0. The van der Waals surface area contributed by atoms with Crippen molar-refractivity contribution in [3.05, 3.63) is 83.0 Å². The highest BCUT2D eigenvalue weighted by atomic mass is 16.3. The van der Waals surface area contributed by atoms with Gasteiger partial charge in [0.15, 0.2) is 5.58 Å². The van der Waals surface area contributed by atoms with Gasteiger partial charge in [0.25, 0.3) is 0 Å². The maximum Gasteiger partial charge on any atom is 0.227 e. The fourth-order valence-electron chi connectivity index (χ4n) is 5.79. The lowest BCUT2D eigenvalue weighted by atomic mass is 10.0. The first kappa shape index (κ1) is 18.8. The van der Waals surface area contributed by atoms with Crippen LogP contribution in [0.2, 0.25) is 0 Å². The molecule has 2 aromatic heterocycles. The van der Waals surface area contributed by atoms with E-state index in [4.69, 9.17) is 4.42 Å². The Balaban J connectivity index is 1.53. The van der Waals surface area contributed by atoms with Crippen LogP contribution < -0.4 is 9.80 Å². The maximum atomic E-state index is 6.47. The van der Waals surface area contributed by atoms with Gasteiger partial charge in [0, 0.05) is 29.9 Å². The Morgan fingerprint density at radius 3 is 2.58 bits per heavy atom. The topological polar surface area (TPSA) is 32.5 Å². The molecular weight excluding hydrogens is 406 g/mol. The molecule has 2 aliphatic rings. The van der Waals surface area contributed by atoms with Gasteiger partial charge in [-0.05, 0) is 66.8 Å². The molecule has 0 amide bonds. The predicted octanol–water partition coefficient (Wildman–Crippen LogP) is 7.10. The summed E-state index contributed by atoms with van der Waals surface area (Å²) >= 11 is 0. The standard InChI is InChI=1S/C29H25N3O/c1-16-9-11-22-23-12-10-17(2)30-29(23)33-28(22)26(16)32-18(3)31(4)25-14-13-21-20-8-6-5-7-19(20)15-24(21)27(25)32/h5-14,18H,15H2,1-4H3/t18-/m0/s1. The van der Waals surface area contributed by atoms with E-state index in [9.17, 15) is 0 Å². The second-order valence-electron chi connectivity index (χ2n) is 9.42. The molecule has 0 bridgehead atoms. The summed E-state index contributed by atoms with van der Waals surface area (Å²) in [7, 11) is 2.19. The molecule has 0 saturated carbocycles. The Kier molecular flexibility index (Phi) is 3.63. The number of fused-ring (bicyclic) bond motifs is 8. The monoisotopic (exact) mass is 431 g/mol. The number of hydrogen-bond acceptors (Lipinski definition) is 4. The third-order valence-corrected chi connectivity index (χ3v) is 7.55. The van der Waals surface area contributed by atoms with E-state index in [0.717, 1.165) is 34.2 Å². The molecule has 0 unspecified atom stereocenters. The molecular formula is C29H25N3O. The van der Waals surface area contributed by atoms with E-state index in [1.54, 1.807) is 0 Å². The highest BCUT2D eigenvalue weighted by Crippen LogP contribution is 2.53. The minimum atomic E-state index is 0.169. The second-order valence-corrected chi connectivity index (χ2v) is 9.42. The molecule has 0 N–H and O–H groups in total. The molecule has 3 aromatic carbocycles. The SMILES string of the molecule is Cc1ccc2c(n1)oc1c(N3c4c(ccc5c4Cc4ccccc4-5)N(C)[C@@H]3C)c(C)ccc12. The molecule has 1 aliphatic carbocycles. The zero-order chi connectivity index (χ0) is 22.4. The highest BCUT2D eigenvalue weighted by Gasteiger charge is 2.38. The van der Waals surface area contributed by atoms with Crippen molar-refractivity contribution in [2.45, 2.75) is 33.4 Å². The molecule has 0 spiro atoms. The zero-order valence-electron chi connectivity index (χ0n) is 19.3. The van der Waals surface area contributed by atoms with E-state index in [0.29, 0.717) is 5.71 Å². The van der Waals surface area contributed by atoms with E-state index in [1.807, 2.05) is 6.92 Å². The average molecular weight is 432 g/mol. The number of rotatable bonds is 1. The van der Waals surface area contributed by atoms with Crippen LogP contribution in [0, 0.1) is 13.8 Å². The molecule has 5 aromatic rings. The Morgan fingerprint density at radius 1 is 0.879 bits per heavy atom. The van der Waals surface area contributed by atoms with Crippen molar-refractivity contribution in [2.24, 2.45) is 0 Å². The molecule has 3 heterocycles. The van der Waals surface area contributed by atoms with Crippen molar-refractivity contribution in [2.75, 3.05) is 16.8 Å². The summed E-state index contributed by atoms with van der Waals surface area (Å²) in [6, 6.07) is 22.0. The van der Waals surface area contributed by atoms with Crippen molar-refractivity contribution in [1.82, 2.24) is 4.98 Å². The van der Waals surface area contributed by atoms with Crippen LogP contribution in [-0.2, 0) is 6.42 Å². The van der Waals surface area contributed by atoms with E-state index in [-0.39, 0.29) is 6.17 Å². The molecule has 7 rings (SSSR count). The van der Waals surface area contributed by atoms with E-state index in [2.05, 4.69) is 96.3 Å². The molecule has 1 atom stereocenters. The highest BCUT2D eigenvalue weighted by molar-refractivity contribution is 6.10. The van der Waals surface area contributed by atoms with Crippen LogP contribution in [0.4, 0.5) is 17.1 Å². The van der Waals surface area contributed by atoms with Gasteiger partial charge in [-0.2, -0.15) is 0 Å². The first-order valence-corrected chi connectivity index (χ1v) is 11.6. The van der Waals surface area contributed by atoms with Crippen LogP contribution in [0.3, 0.4) is 0 Å². The van der Waals surface area contributed by atoms with Crippen molar-refractivity contribution < 1.29 is 4.42 Å². The summed E-state index contributed by atoms with van der Waals surface area (Å²) in [6.07, 6.45) is 1.13. The van der Waals surface area contributed by atoms with Gasteiger partial charge in [-0.15, -0.1) is 0 Å². The number of furan rings is 1. The summed E-state index contributed by atoms with van der Waals surface area (Å²) in [4.78, 5) is 9.55. The summed E-state index contributed by atoms with van der Waals surface area (Å²) in [5.41, 5.74) is 13.1. The number of aryl methyl sites for hydroxylation is 2. The van der Waals surface area contributed by atoms with Gasteiger partial charge in [0.2, 0.25) is 5.71 Å².